The number of benzene rings is 1. The van der Waals surface area contributed by atoms with Crippen molar-refractivity contribution >= 4 is 11.7 Å². The third-order valence-corrected chi connectivity index (χ3v) is 4.01. The van der Waals surface area contributed by atoms with Gasteiger partial charge in [-0.2, -0.15) is 13.2 Å². The molecule has 0 amide bonds. The lowest BCUT2D eigenvalue weighted by Gasteiger charge is -2.29. The van der Waals surface area contributed by atoms with Crippen molar-refractivity contribution in [3.63, 3.8) is 0 Å². The monoisotopic (exact) mass is 301 g/mol. The van der Waals surface area contributed by atoms with Gasteiger partial charge in [-0.25, -0.2) is 0 Å². The van der Waals surface area contributed by atoms with Crippen molar-refractivity contribution in [1.82, 2.24) is 0 Å². The maximum Gasteiger partial charge on any atom is 0.418 e. The van der Waals surface area contributed by atoms with Gasteiger partial charge < -0.3 is 10.4 Å². The van der Waals surface area contributed by atoms with E-state index in [0.717, 1.165) is 25.3 Å². The highest BCUT2D eigenvalue weighted by molar-refractivity contribution is 5.70. The fourth-order valence-corrected chi connectivity index (χ4v) is 2.90. The van der Waals surface area contributed by atoms with Crippen molar-refractivity contribution in [1.29, 1.82) is 0 Å². The predicted molar refractivity (Wildman–Crippen MR) is 73.0 cm³/mol. The highest BCUT2D eigenvalue weighted by Gasteiger charge is 2.34. The lowest BCUT2D eigenvalue weighted by Crippen LogP contribution is -2.32. The van der Waals surface area contributed by atoms with E-state index in [0.29, 0.717) is 6.42 Å². The first-order valence-electron chi connectivity index (χ1n) is 7.02. The molecule has 2 rings (SSSR count). The molecule has 1 aromatic carbocycles. The largest absolute Gasteiger partial charge is 0.481 e. The molecular weight excluding hydrogens is 283 g/mol. The van der Waals surface area contributed by atoms with Crippen LogP contribution in [0.5, 0.6) is 0 Å². The van der Waals surface area contributed by atoms with Gasteiger partial charge in [0, 0.05) is 12.2 Å². The van der Waals surface area contributed by atoms with Crippen molar-refractivity contribution in [3.8, 4) is 0 Å². The third kappa shape index (κ3) is 3.89. The Morgan fingerprint density at radius 2 is 1.90 bits per heavy atom. The van der Waals surface area contributed by atoms with E-state index >= 15 is 0 Å². The zero-order chi connectivity index (χ0) is 15.5. The number of hydrogen-bond acceptors (Lipinski definition) is 2. The van der Waals surface area contributed by atoms with Gasteiger partial charge in [0.25, 0.3) is 0 Å². The number of carboxylic acids is 1. The van der Waals surface area contributed by atoms with E-state index in [4.69, 9.17) is 0 Å². The molecule has 2 atom stereocenters. The minimum absolute atomic E-state index is 0.0136. The van der Waals surface area contributed by atoms with Crippen LogP contribution in [-0.4, -0.2) is 17.6 Å². The van der Waals surface area contributed by atoms with E-state index in [1.807, 2.05) is 0 Å². The Morgan fingerprint density at radius 1 is 1.24 bits per heavy atom. The second-order valence-corrected chi connectivity index (χ2v) is 5.41. The van der Waals surface area contributed by atoms with Crippen LogP contribution in [0.4, 0.5) is 18.9 Å². The minimum Gasteiger partial charge on any atom is -0.481 e. The summed E-state index contributed by atoms with van der Waals surface area (Å²) in [6, 6.07) is 5.28. The van der Waals surface area contributed by atoms with Crippen molar-refractivity contribution < 1.29 is 23.1 Å². The van der Waals surface area contributed by atoms with Crippen LogP contribution in [0.2, 0.25) is 0 Å². The Bertz CT molecular complexity index is 502. The average Bonchev–Trinajstić information content (AvgIpc) is 2.44. The Hall–Kier alpha value is -1.72. The van der Waals surface area contributed by atoms with Gasteiger partial charge in [0.05, 0.1) is 11.5 Å². The Labute approximate surface area is 121 Å². The molecule has 1 aliphatic rings. The first-order valence-corrected chi connectivity index (χ1v) is 7.02. The molecule has 0 aliphatic heterocycles. The van der Waals surface area contributed by atoms with Gasteiger partial charge in [-0.05, 0) is 30.9 Å². The second-order valence-electron chi connectivity index (χ2n) is 5.41. The van der Waals surface area contributed by atoms with Gasteiger partial charge in [-0.15, -0.1) is 0 Å². The molecule has 1 aromatic rings. The fraction of sp³-hybridized carbons (Fsp3) is 0.533. The number of carbonyl (C=O) groups is 1. The quantitative estimate of drug-likeness (QED) is 0.883. The van der Waals surface area contributed by atoms with Crippen LogP contribution in [0.15, 0.2) is 24.3 Å². The smallest absolute Gasteiger partial charge is 0.418 e. The first-order chi connectivity index (χ1) is 9.89. The molecule has 2 N–H and O–H groups in total. The van der Waals surface area contributed by atoms with Crippen LogP contribution >= 0.6 is 0 Å². The molecule has 1 saturated carbocycles. The van der Waals surface area contributed by atoms with E-state index in [1.54, 1.807) is 0 Å². The third-order valence-electron chi connectivity index (χ3n) is 4.01. The topological polar surface area (TPSA) is 49.3 Å². The molecule has 6 heteroatoms. The summed E-state index contributed by atoms with van der Waals surface area (Å²) in [5.74, 6) is -1.45. The highest BCUT2D eigenvalue weighted by atomic mass is 19.4. The maximum atomic E-state index is 12.9. The van der Waals surface area contributed by atoms with Crippen molar-refractivity contribution in [2.75, 3.05) is 11.9 Å². The number of para-hydroxylation sites is 1. The van der Waals surface area contributed by atoms with Gasteiger partial charge in [-0.1, -0.05) is 25.0 Å². The van der Waals surface area contributed by atoms with Crippen LogP contribution in [0.3, 0.4) is 0 Å². The Morgan fingerprint density at radius 3 is 2.57 bits per heavy atom. The van der Waals surface area contributed by atoms with Gasteiger partial charge in [0.2, 0.25) is 0 Å². The zero-order valence-electron chi connectivity index (χ0n) is 11.5. The van der Waals surface area contributed by atoms with Crippen LogP contribution in [0.25, 0.3) is 0 Å². The predicted octanol–water partition coefficient (Wildman–Crippen LogP) is 4.01. The molecule has 1 fully saturated rings. The second kappa shape index (κ2) is 6.37. The summed E-state index contributed by atoms with van der Waals surface area (Å²) in [6.45, 7) is 0.254. The molecule has 2 unspecified atom stereocenters. The number of hydrogen-bond donors (Lipinski definition) is 2. The summed E-state index contributed by atoms with van der Waals surface area (Å²) in [6.07, 6.45) is -1.28. The Kier molecular flexibility index (Phi) is 4.75. The molecule has 0 heterocycles. The number of carboxylic acid groups (broad SMARTS) is 1. The van der Waals surface area contributed by atoms with Crippen LogP contribution in [0, 0.1) is 11.8 Å². The van der Waals surface area contributed by atoms with E-state index in [-0.39, 0.29) is 18.2 Å². The molecule has 0 radical (unpaired) electrons. The molecule has 3 nitrogen and oxygen atoms in total. The van der Waals surface area contributed by atoms with Gasteiger partial charge in [0.15, 0.2) is 0 Å². The first kappa shape index (κ1) is 15.7. The molecular formula is C15H18F3NO2. The van der Waals surface area contributed by atoms with Gasteiger partial charge in [-0.3, -0.25) is 4.79 Å². The number of anilines is 1. The normalized spacial score (nSPS) is 22.8. The number of alkyl halides is 3. The molecule has 0 bridgehead atoms. The SMILES string of the molecule is O=C(O)C1CCCCC1CNc1ccccc1C(F)(F)F. The van der Waals surface area contributed by atoms with E-state index in [9.17, 15) is 23.1 Å². The lowest BCUT2D eigenvalue weighted by molar-refractivity contribution is -0.144. The zero-order valence-corrected chi connectivity index (χ0v) is 11.5. The maximum absolute atomic E-state index is 12.9. The minimum atomic E-state index is -4.41. The van der Waals surface area contributed by atoms with E-state index in [1.165, 1.54) is 18.2 Å². The van der Waals surface area contributed by atoms with Crippen molar-refractivity contribution in [2.24, 2.45) is 11.8 Å². The molecule has 0 saturated heterocycles. The Balaban J connectivity index is 2.07. The standard InChI is InChI=1S/C15H18F3NO2/c16-15(17,18)12-7-3-4-8-13(12)19-9-10-5-1-2-6-11(10)14(20)21/h3-4,7-8,10-11,19H,1-2,5-6,9H2,(H,20,21). The summed E-state index contributed by atoms with van der Waals surface area (Å²) in [5, 5.41) is 12.0. The molecule has 21 heavy (non-hydrogen) atoms. The van der Waals surface area contributed by atoms with Crippen LogP contribution in [0.1, 0.15) is 31.2 Å². The molecule has 0 spiro atoms. The van der Waals surface area contributed by atoms with Crippen molar-refractivity contribution in [2.45, 2.75) is 31.9 Å². The molecule has 1 aliphatic carbocycles. The van der Waals surface area contributed by atoms with Crippen LogP contribution in [-0.2, 0) is 11.0 Å². The van der Waals surface area contributed by atoms with Gasteiger partial charge >= 0.3 is 12.1 Å². The highest BCUT2D eigenvalue weighted by Crippen LogP contribution is 2.36. The van der Waals surface area contributed by atoms with Crippen LogP contribution < -0.4 is 5.32 Å². The van der Waals surface area contributed by atoms with E-state index < -0.39 is 23.6 Å². The number of aliphatic carboxylic acids is 1. The summed E-state index contributed by atoms with van der Waals surface area (Å²) < 4.78 is 38.7. The summed E-state index contributed by atoms with van der Waals surface area (Å²) in [4.78, 5) is 11.2. The summed E-state index contributed by atoms with van der Waals surface area (Å²) in [5.41, 5.74) is -0.701. The van der Waals surface area contributed by atoms with Crippen molar-refractivity contribution in [3.05, 3.63) is 29.8 Å². The lowest BCUT2D eigenvalue weighted by atomic mass is 9.79. The number of halogens is 3. The van der Waals surface area contributed by atoms with Gasteiger partial charge in [0.1, 0.15) is 0 Å². The van der Waals surface area contributed by atoms with E-state index in [2.05, 4.69) is 5.32 Å². The number of nitrogens with one attached hydrogen (secondary N) is 1. The average molecular weight is 301 g/mol. The number of rotatable bonds is 4. The summed E-state index contributed by atoms with van der Waals surface area (Å²) >= 11 is 0. The molecule has 116 valence electrons. The molecule has 0 aromatic heterocycles. The fourth-order valence-electron chi connectivity index (χ4n) is 2.90. The summed E-state index contributed by atoms with van der Waals surface area (Å²) in [7, 11) is 0.